The molecular weight excluding hydrogens is 306 g/mol. The molecule has 0 saturated heterocycles. The van der Waals surface area contributed by atoms with Crippen LogP contribution in [0.2, 0.25) is 5.02 Å². The molecule has 0 bridgehead atoms. The number of Topliss-reactive ketones (excluding diaryl/α,β-unsaturated/α-hetero) is 2. The first-order chi connectivity index (χ1) is 10.4. The van der Waals surface area contributed by atoms with Gasteiger partial charge < -0.3 is 10.1 Å². The van der Waals surface area contributed by atoms with E-state index in [-0.39, 0.29) is 27.7 Å². The fourth-order valence-corrected chi connectivity index (χ4v) is 1.93. The zero-order chi connectivity index (χ0) is 16.7. The number of esters is 1. The maximum absolute atomic E-state index is 11.9. The van der Waals surface area contributed by atoms with Crippen LogP contribution in [0.3, 0.4) is 0 Å². The Hall–Kier alpha value is -2.14. The van der Waals surface area contributed by atoms with E-state index >= 15 is 0 Å². The lowest BCUT2D eigenvalue weighted by Gasteiger charge is -2.10. The Morgan fingerprint density at radius 2 is 1.86 bits per heavy atom. The Kier molecular flexibility index (Phi) is 6.79. The molecule has 1 aromatic carbocycles. The molecule has 0 radical (unpaired) electrons. The first-order valence-corrected chi connectivity index (χ1v) is 7.20. The van der Waals surface area contributed by atoms with Crippen LogP contribution < -0.4 is 5.32 Å². The third-order valence-electron chi connectivity index (χ3n) is 2.79. The number of hydrogen-bond acceptors (Lipinski definition) is 5. The van der Waals surface area contributed by atoms with Crippen molar-refractivity contribution in [3.63, 3.8) is 0 Å². The van der Waals surface area contributed by atoms with E-state index < -0.39 is 5.97 Å². The Labute approximate surface area is 134 Å². The summed E-state index contributed by atoms with van der Waals surface area (Å²) in [5.74, 6) is -1.22. The molecule has 0 atom stereocenters. The topological polar surface area (TPSA) is 72.5 Å². The van der Waals surface area contributed by atoms with Crippen molar-refractivity contribution < 1.29 is 19.1 Å². The van der Waals surface area contributed by atoms with Crippen molar-refractivity contribution in [2.75, 3.05) is 11.9 Å². The number of rotatable bonds is 7. The van der Waals surface area contributed by atoms with Crippen LogP contribution in [0.4, 0.5) is 5.69 Å². The summed E-state index contributed by atoms with van der Waals surface area (Å²) >= 11 is 6.16. The molecule has 1 rings (SSSR count). The lowest BCUT2D eigenvalue weighted by molar-refractivity contribution is -0.119. The Morgan fingerprint density at radius 3 is 2.41 bits per heavy atom. The first-order valence-electron chi connectivity index (χ1n) is 6.82. The third-order valence-corrected chi connectivity index (χ3v) is 3.19. The minimum atomic E-state index is -0.516. The Bertz CT molecular complexity index is 607. The molecule has 0 aliphatic heterocycles. The summed E-state index contributed by atoms with van der Waals surface area (Å²) in [6.07, 6.45) is 2.00. The van der Waals surface area contributed by atoms with E-state index in [1.54, 1.807) is 18.2 Å². The Balaban J connectivity index is 3.02. The van der Waals surface area contributed by atoms with Crippen molar-refractivity contribution in [1.29, 1.82) is 0 Å². The molecule has 0 amide bonds. The molecule has 0 aliphatic rings. The SMILES string of the molecule is CCCOC(=O)c1cccc(NC=C(C(C)=O)C(C)=O)c1Cl. The lowest BCUT2D eigenvalue weighted by Crippen LogP contribution is -2.10. The normalized spacial score (nSPS) is 9.82. The third kappa shape index (κ3) is 4.70. The van der Waals surface area contributed by atoms with Gasteiger partial charge in [-0.2, -0.15) is 0 Å². The number of ketones is 2. The van der Waals surface area contributed by atoms with Gasteiger partial charge in [0.1, 0.15) is 0 Å². The van der Waals surface area contributed by atoms with Crippen LogP contribution in [0.5, 0.6) is 0 Å². The van der Waals surface area contributed by atoms with Crippen molar-refractivity contribution in [2.24, 2.45) is 0 Å². The first kappa shape index (κ1) is 17.9. The maximum Gasteiger partial charge on any atom is 0.339 e. The number of carbonyl (C=O) groups is 3. The fraction of sp³-hybridized carbons (Fsp3) is 0.312. The van der Waals surface area contributed by atoms with Gasteiger partial charge in [0.25, 0.3) is 0 Å². The summed E-state index contributed by atoms with van der Waals surface area (Å²) in [5.41, 5.74) is 0.656. The minimum absolute atomic E-state index is 0.0232. The highest BCUT2D eigenvalue weighted by atomic mass is 35.5. The van der Waals surface area contributed by atoms with Gasteiger partial charge in [-0.3, -0.25) is 9.59 Å². The summed E-state index contributed by atoms with van der Waals surface area (Å²) in [4.78, 5) is 34.6. The van der Waals surface area contributed by atoms with Crippen LogP contribution in [0.15, 0.2) is 30.0 Å². The maximum atomic E-state index is 11.9. The number of hydrogen-bond donors (Lipinski definition) is 1. The molecule has 118 valence electrons. The fourth-order valence-electron chi connectivity index (χ4n) is 1.67. The van der Waals surface area contributed by atoms with Crippen LogP contribution in [-0.2, 0) is 14.3 Å². The summed E-state index contributed by atoms with van der Waals surface area (Å²) in [7, 11) is 0. The van der Waals surface area contributed by atoms with E-state index in [1.165, 1.54) is 20.0 Å². The molecule has 0 spiro atoms. The van der Waals surface area contributed by atoms with Crippen molar-refractivity contribution in [3.05, 3.63) is 40.6 Å². The molecule has 0 aromatic heterocycles. The quantitative estimate of drug-likeness (QED) is 0.360. The van der Waals surface area contributed by atoms with Gasteiger partial charge in [0.2, 0.25) is 0 Å². The van der Waals surface area contributed by atoms with Gasteiger partial charge in [0.05, 0.1) is 28.5 Å². The molecule has 0 heterocycles. The summed E-state index contributed by atoms with van der Waals surface area (Å²) in [6, 6.07) is 4.81. The van der Waals surface area contributed by atoms with Crippen molar-refractivity contribution in [1.82, 2.24) is 0 Å². The second-order valence-corrected chi connectivity index (χ2v) is 5.00. The van der Waals surface area contributed by atoms with E-state index in [4.69, 9.17) is 16.3 Å². The average Bonchev–Trinajstić information content (AvgIpc) is 2.45. The Morgan fingerprint density at radius 1 is 1.23 bits per heavy atom. The molecule has 5 nitrogen and oxygen atoms in total. The van der Waals surface area contributed by atoms with Crippen LogP contribution in [0.1, 0.15) is 37.6 Å². The summed E-state index contributed by atoms with van der Waals surface area (Å²) in [5, 5.41) is 2.96. The number of nitrogens with one attached hydrogen (secondary N) is 1. The van der Waals surface area contributed by atoms with Gasteiger partial charge in [-0.15, -0.1) is 0 Å². The monoisotopic (exact) mass is 323 g/mol. The highest BCUT2D eigenvalue weighted by Crippen LogP contribution is 2.26. The van der Waals surface area contributed by atoms with E-state index in [0.717, 1.165) is 0 Å². The van der Waals surface area contributed by atoms with E-state index in [1.807, 2.05) is 6.92 Å². The number of carbonyl (C=O) groups excluding carboxylic acids is 3. The van der Waals surface area contributed by atoms with Crippen molar-refractivity contribution in [2.45, 2.75) is 27.2 Å². The van der Waals surface area contributed by atoms with Crippen LogP contribution in [0.25, 0.3) is 0 Å². The van der Waals surface area contributed by atoms with E-state index in [2.05, 4.69) is 5.32 Å². The van der Waals surface area contributed by atoms with Crippen LogP contribution >= 0.6 is 11.6 Å². The predicted molar refractivity (Wildman–Crippen MR) is 85.1 cm³/mol. The van der Waals surface area contributed by atoms with Gasteiger partial charge in [-0.25, -0.2) is 4.79 Å². The highest BCUT2D eigenvalue weighted by Gasteiger charge is 2.15. The number of allylic oxidation sites excluding steroid dienone is 1. The van der Waals surface area contributed by atoms with Crippen LogP contribution in [0, 0.1) is 0 Å². The van der Waals surface area contributed by atoms with Gasteiger partial charge >= 0.3 is 5.97 Å². The molecule has 1 N–H and O–H groups in total. The number of benzene rings is 1. The summed E-state index contributed by atoms with van der Waals surface area (Å²) < 4.78 is 5.04. The molecule has 1 aromatic rings. The standard InChI is InChI=1S/C16H18ClNO4/c1-4-8-22-16(21)12-6-5-7-14(15(12)17)18-9-13(10(2)19)11(3)20/h5-7,9,18H,4,8H2,1-3H3. The lowest BCUT2D eigenvalue weighted by atomic mass is 10.1. The largest absolute Gasteiger partial charge is 0.462 e. The zero-order valence-electron chi connectivity index (χ0n) is 12.7. The average molecular weight is 324 g/mol. The zero-order valence-corrected chi connectivity index (χ0v) is 13.5. The minimum Gasteiger partial charge on any atom is -0.462 e. The van der Waals surface area contributed by atoms with E-state index in [0.29, 0.717) is 18.7 Å². The van der Waals surface area contributed by atoms with Gasteiger partial charge in [0.15, 0.2) is 11.6 Å². The predicted octanol–water partition coefficient (Wildman–Crippen LogP) is 3.38. The number of anilines is 1. The summed E-state index contributed by atoms with van der Waals surface area (Å²) in [6.45, 7) is 4.80. The molecule has 0 aliphatic carbocycles. The van der Waals surface area contributed by atoms with Gasteiger partial charge in [-0.1, -0.05) is 24.6 Å². The molecule has 0 saturated carbocycles. The molecular formula is C16H18ClNO4. The number of ether oxygens (including phenoxy) is 1. The van der Waals surface area contributed by atoms with Gasteiger partial charge in [0, 0.05) is 6.20 Å². The molecule has 22 heavy (non-hydrogen) atoms. The van der Waals surface area contributed by atoms with Crippen LogP contribution in [-0.4, -0.2) is 24.1 Å². The number of halogens is 1. The van der Waals surface area contributed by atoms with Gasteiger partial charge in [-0.05, 0) is 32.4 Å². The molecule has 6 heteroatoms. The van der Waals surface area contributed by atoms with Crippen molar-refractivity contribution in [3.8, 4) is 0 Å². The second-order valence-electron chi connectivity index (χ2n) is 4.62. The molecule has 0 unspecified atom stereocenters. The molecule has 0 fully saturated rings. The highest BCUT2D eigenvalue weighted by molar-refractivity contribution is 6.36. The van der Waals surface area contributed by atoms with Crippen molar-refractivity contribution >= 4 is 34.8 Å². The van der Waals surface area contributed by atoms with E-state index in [9.17, 15) is 14.4 Å². The smallest absolute Gasteiger partial charge is 0.339 e. The second kappa shape index (κ2) is 8.34.